The number of carbonyl (C=O) groups excluding carboxylic acids is 1. The second-order valence-corrected chi connectivity index (χ2v) is 6.83. The lowest BCUT2D eigenvalue weighted by Gasteiger charge is -2.31. The van der Waals surface area contributed by atoms with Gasteiger partial charge >= 0.3 is 0 Å². The highest BCUT2D eigenvalue weighted by atomic mass is 16.5. The van der Waals surface area contributed by atoms with Crippen LogP contribution in [-0.4, -0.2) is 66.6 Å². The molecule has 1 aliphatic heterocycles. The van der Waals surface area contributed by atoms with E-state index in [4.69, 9.17) is 9.47 Å². The van der Waals surface area contributed by atoms with Crippen LogP contribution in [-0.2, 0) is 17.8 Å². The quantitative estimate of drug-likeness (QED) is 0.813. The number of imidazole rings is 1. The second-order valence-electron chi connectivity index (χ2n) is 6.83. The van der Waals surface area contributed by atoms with Gasteiger partial charge in [-0.15, -0.1) is 0 Å². The highest BCUT2D eigenvalue weighted by Gasteiger charge is 2.30. The van der Waals surface area contributed by atoms with Crippen molar-refractivity contribution in [2.75, 3.05) is 40.9 Å². The van der Waals surface area contributed by atoms with Crippen LogP contribution in [0.4, 0.5) is 0 Å². The minimum atomic E-state index is -0.195. The molecule has 0 fully saturated rings. The first-order valence-electron chi connectivity index (χ1n) is 8.77. The number of methoxy groups -OCH3 is 1. The molecule has 2 heterocycles. The minimum Gasteiger partial charge on any atom is -0.497 e. The number of carbonyl (C=O) groups is 1. The number of fused-ring (bicyclic) bond motifs is 1. The molecule has 0 spiro atoms. The molecule has 0 bridgehead atoms. The highest BCUT2D eigenvalue weighted by molar-refractivity contribution is 5.79. The first kappa shape index (κ1) is 18.3. The van der Waals surface area contributed by atoms with Crippen molar-refractivity contribution in [1.82, 2.24) is 19.8 Å². The number of H-pyrrole nitrogens is 1. The maximum Gasteiger partial charge on any atom is 0.229 e. The summed E-state index contributed by atoms with van der Waals surface area (Å²) in [4.78, 5) is 24.2. The predicted molar refractivity (Wildman–Crippen MR) is 98.2 cm³/mol. The molecule has 0 radical (unpaired) electrons. The fraction of sp³-hybridized carbons (Fsp3) is 0.474. The molecule has 26 heavy (non-hydrogen) atoms. The lowest BCUT2D eigenvalue weighted by atomic mass is 9.95. The van der Waals surface area contributed by atoms with Gasteiger partial charge in [0.05, 0.1) is 31.6 Å². The van der Waals surface area contributed by atoms with Gasteiger partial charge in [-0.2, -0.15) is 0 Å². The Hall–Kier alpha value is -2.54. The minimum absolute atomic E-state index is 0.106. The van der Waals surface area contributed by atoms with Gasteiger partial charge in [0.1, 0.15) is 18.1 Å². The van der Waals surface area contributed by atoms with Crippen molar-refractivity contribution in [2.24, 2.45) is 5.92 Å². The summed E-state index contributed by atoms with van der Waals surface area (Å²) in [6, 6.07) is 5.74. The lowest BCUT2D eigenvalue weighted by Crippen LogP contribution is -2.43. The molecular formula is C19H26N4O3. The van der Waals surface area contributed by atoms with Crippen molar-refractivity contribution in [3.8, 4) is 11.5 Å². The lowest BCUT2D eigenvalue weighted by molar-refractivity contribution is -0.137. The average molecular weight is 358 g/mol. The number of nitrogens with zero attached hydrogens (tertiary/aromatic N) is 3. The van der Waals surface area contributed by atoms with Gasteiger partial charge in [0.25, 0.3) is 0 Å². The summed E-state index contributed by atoms with van der Waals surface area (Å²) in [5.41, 5.74) is 1.94. The zero-order valence-corrected chi connectivity index (χ0v) is 15.6. The first-order chi connectivity index (χ1) is 12.6. The van der Waals surface area contributed by atoms with Crippen LogP contribution < -0.4 is 9.47 Å². The molecule has 7 nitrogen and oxygen atoms in total. The summed E-state index contributed by atoms with van der Waals surface area (Å²) < 4.78 is 11.1. The molecule has 140 valence electrons. The van der Waals surface area contributed by atoms with E-state index in [0.717, 1.165) is 29.3 Å². The average Bonchev–Trinajstić information content (AvgIpc) is 3.16. The Morgan fingerprint density at radius 1 is 1.38 bits per heavy atom. The molecule has 0 aliphatic carbocycles. The van der Waals surface area contributed by atoms with Gasteiger partial charge in [0.2, 0.25) is 5.91 Å². The van der Waals surface area contributed by atoms with Crippen molar-refractivity contribution in [2.45, 2.75) is 13.0 Å². The third-order valence-electron chi connectivity index (χ3n) is 4.57. The monoisotopic (exact) mass is 358 g/mol. The van der Waals surface area contributed by atoms with E-state index < -0.39 is 0 Å². The number of aromatic amines is 1. The number of ether oxygens (including phenoxy) is 2. The Morgan fingerprint density at radius 2 is 2.23 bits per heavy atom. The number of amides is 1. The standard InChI is InChI=1S/C19H26N4O3/c1-22(2)6-7-23(11-16-10-20-13-21-16)19(24)15-8-14-9-17(25-3)4-5-18(14)26-12-15/h4-5,9-10,13,15H,6-8,11-12H2,1-3H3,(H,20,21). The third-order valence-corrected chi connectivity index (χ3v) is 4.57. The van der Waals surface area contributed by atoms with E-state index in [1.165, 1.54) is 0 Å². The van der Waals surface area contributed by atoms with E-state index in [-0.39, 0.29) is 11.8 Å². The smallest absolute Gasteiger partial charge is 0.229 e. The largest absolute Gasteiger partial charge is 0.497 e. The molecule has 2 aromatic rings. The highest BCUT2D eigenvalue weighted by Crippen LogP contribution is 2.31. The van der Waals surface area contributed by atoms with Crippen LogP contribution in [0.3, 0.4) is 0 Å². The molecule has 1 unspecified atom stereocenters. The molecule has 1 aliphatic rings. The molecule has 0 saturated carbocycles. The molecule has 1 N–H and O–H groups in total. The Balaban J connectivity index is 1.73. The summed E-state index contributed by atoms with van der Waals surface area (Å²) in [5, 5.41) is 0. The van der Waals surface area contributed by atoms with Crippen molar-refractivity contribution in [3.05, 3.63) is 42.0 Å². The topological polar surface area (TPSA) is 70.7 Å². The summed E-state index contributed by atoms with van der Waals surface area (Å²) >= 11 is 0. The van der Waals surface area contributed by atoms with Gasteiger partial charge in [-0.1, -0.05) is 0 Å². The van der Waals surface area contributed by atoms with E-state index in [1.54, 1.807) is 19.6 Å². The van der Waals surface area contributed by atoms with E-state index in [2.05, 4.69) is 14.9 Å². The molecule has 3 rings (SSSR count). The van der Waals surface area contributed by atoms with Crippen LogP contribution in [0.1, 0.15) is 11.3 Å². The number of aromatic nitrogens is 2. The molecule has 1 amide bonds. The number of rotatable bonds is 7. The zero-order valence-electron chi connectivity index (χ0n) is 15.6. The Kier molecular flexibility index (Phi) is 5.78. The molecule has 1 aromatic carbocycles. The normalized spacial score (nSPS) is 16.1. The Morgan fingerprint density at radius 3 is 2.92 bits per heavy atom. The predicted octanol–water partition coefficient (Wildman–Crippen LogP) is 1.56. The molecule has 7 heteroatoms. The van der Waals surface area contributed by atoms with Crippen LogP contribution >= 0.6 is 0 Å². The van der Waals surface area contributed by atoms with Gasteiger partial charge < -0.3 is 24.3 Å². The van der Waals surface area contributed by atoms with Gasteiger partial charge in [-0.25, -0.2) is 4.98 Å². The van der Waals surface area contributed by atoms with Gasteiger partial charge in [0.15, 0.2) is 0 Å². The molecule has 0 saturated heterocycles. The third kappa shape index (κ3) is 4.35. The van der Waals surface area contributed by atoms with Crippen molar-refractivity contribution >= 4 is 5.91 Å². The first-order valence-corrected chi connectivity index (χ1v) is 8.77. The Labute approximate surface area is 153 Å². The number of nitrogens with one attached hydrogen (secondary N) is 1. The van der Waals surface area contributed by atoms with Crippen molar-refractivity contribution in [1.29, 1.82) is 0 Å². The fourth-order valence-corrected chi connectivity index (χ4v) is 3.08. The number of benzene rings is 1. The van der Waals surface area contributed by atoms with Gasteiger partial charge in [-0.3, -0.25) is 4.79 Å². The molecular weight excluding hydrogens is 332 g/mol. The summed E-state index contributed by atoms with van der Waals surface area (Å²) in [6.45, 7) is 2.39. The number of hydrogen-bond acceptors (Lipinski definition) is 5. The second kappa shape index (κ2) is 8.23. The van der Waals surface area contributed by atoms with Gasteiger partial charge in [0, 0.05) is 19.3 Å². The van der Waals surface area contributed by atoms with Crippen molar-refractivity contribution in [3.63, 3.8) is 0 Å². The summed E-state index contributed by atoms with van der Waals surface area (Å²) in [7, 11) is 5.65. The maximum atomic E-state index is 13.2. The summed E-state index contributed by atoms with van der Waals surface area (Å²) in [6.07, 6.45) is 4.05. The van der Waals surface area contributed by atoms with E-state index in [9.17, 15) is 4.79 Å². The fourth-order valence-electron chi connectivity index (χ4n) is 3.08. The maximum absolute atomic E-state index is 13.2. The molecule has 1 aromatic heterocycles. The van der Waals surface area contributed by atoms with E-state index >= 15 is 0 Å². The SMILES string of the molecule is COc1ccc2c(c1)CC(C(=O)N(CCN(C)C)Cc1cnc[nH]1)CO2. The molecule has 1 atom stereocenters. The van der Waals surface area contributed by atoms with Gasteiger partial charge in [-0.05, 0) is 44.3 Å². The zero-order chi connectivity index (χ0) is 18.5. The van der Waals surface area contributed by atoms with Crippen LogP contribution in [0.25, 0.3) is 0 Å². The number of hydrogen-bond donors (Lipinski definition) is 1. The number of likely N-dealkylation sites (N-methyl/N-ethyl adjacent to an activating group) is 1. The Bertz CT molecular complexity index is 730. The van der Waals surface area contributed by atoms with Crippen LogP contribution in [0.2, 0.25) is 0 Å². The van der Waals surface area contributed by atoms with Crippen LogP contribution in [0, 0.1) is 5.92 Å². The van der Waals surface area contributed by atoms with E-state index in [1.807, 2.05) is 37.2 Å². The van der Waals surface area contributed by atoms with Crippen LogP contribution in [0.5, 0.6) is 11.5 Å². The van der Waals surface area contributed by atoms with Crippen molar-refractivity contribution < 1.29 is 14.3 Å². The van der Waals surface area contributed by atoms with E-state index in [0.29, 0.717) is 26.1 Å². The van der Waals surface area contributed by atoms with Crippen LogP contribution in [0.15, 0.2) is 30.7 Å². The summed E-state index contributed by atoms with van der Waals surface area (Å²) in [5.74, 6) is 1.53.